The van der Waals surface area contributed by atoms with E-state index in [1.807, 2.05) is 4.90 Å². The summed E-state index contributed by atoms with van der Waals surface area (Å²) in [5, 5.41) is 9.80. The van der Waals surface area contributed by atoms with E-state index in [4.69, 9.17) is 11.6 Å². The number of amides is 2. The van der Waals surface area contributed by atoms with E-state index in [9.17, 15) is 14.7 Å². The molecule has 6 heteroatoms. The van der Waals surface area contributed by atoms with Crippen molar-refractivity contribution in [2.75, 3.05) is 31.1 Å². The van der Waals surface area contributed by atoms with Crippen molar-refractivity contribution >= 4 is 29.1 Å². The second-order valence-electron chi connectivity index (χ2n) is 6.33. The molecule has 2 amide bonds. The molecule has 0 radical (unpaired) electrons. The predicted molar refractivity (Wildman–Crippen MR) is 88.3 cm³/mol. The van der Waals surface area contributed by atoms with Gasteiger partial charge >= 0.3 is 0 Å². The molecule has 3 rings (SSSR count). The summed E-state index contributed by atoms with van der Waals surface area (Å²) in [6.45, 7) is 1.97. The van der Waals surface area contributed by atoms with Crippen LogP contribution in [0.2, 0.25) is 5.02 Å². The summed E-state index contributed by atoms with van der Waals surface area (Å²) in [7, 11) is 0. The van der Waals surface area contributed by atoms with E-state index in [1.165, 1.54) is 0 Å². The second-order valence-corrected chi connectivity index (χ2v) is 6.77. The van der Waals surface area contributed by atoms with Gasteiger partial charge in [-0.05, 0) is 43.0 Å². The fourth-order valence-corrected chi connectivity index (χ4v) is 3.46. The Morgan fingerprint density at radius 3 is 2.48 bits per heavy atom. The fraction of sp³-hybridized carbons (Fsp3) is 0.529. The molecule has 2 aliphatic heterocycles. The minimum absolute atomic E-state index is 0.0177. The van der Waals surface area contributed by atoms with Crippen LogP contribution >= 0.6 is 11.6 Å². The van der Waals surface area contributed by atoms with Crippen molar-refractivity contribution in [2.24, 2.45) is 11.8 Å². The third-order valence-electron chi connectivity index (χ3n) is 4.80. The molecule has 5 nitrogen and oxygen atoms in total. The molecule has 0 aromatic heterocycles. The molecular weight excluding hydrogens is 316 g/mol. The summed E-state index contributed by atoms with van der Waals surface area (Å²) in [6, 6.07) is 7.11. The Balaban J connectivity index is 1.63. The molecule has 1 aromatic rings. The van der Waals surface area contributed by atoms with Gasteiger partial charge < -0.3 is 14.9 Å². The van der Waals surface area contributed by atoms with Crippen molar-refractivity contribution in [3.63, 3.8) is 0 Å². The average molecular weight is 337 g/mol. The van der Waals surface area contributed by atoms with Crippen LogP contribution in [-0.2, 0) is 9.59 Å². The van der Waals surface area contributed by atoms with Gasteiger partial charge in [-0.2, -0.15) is 0 Å². The van der Waals surface area contributed by atoms with Gasteiger partial charge in [0.1, 0.15) is 0 Å². The molecule has 2 heterocycles. The first-order valence-corrected chi connectivity index (χ1v) is 8.42. The van der Waals surface area contributed by atoms with Crippen molar-refractivity contribution in [3.05, 3.63) is 29.3 Å². The Morgan fingerprint density at radius 2 is 1.87 bits per heavy atom. The van der Waals surface area contributed by atoms with Crippen molar-refractivity contribution < 1.29 is 14.7 Å². The third kappa shape index (κ3) is 3.51. The van der Waals surface area contributed by atoms with E-state index < -0.39 is 0 Å². The molecule has 1 atom stereocenters. The van der Waals surface area contributed by atoms with Gasteiger partial charge in [-0.3, -0.25) is 9.59 Å². The topological polar surface area (TPSA) is 60.9 Å². The molecule has 0 aliphatic carbocycles. The summed E-state index contributed by atoms with van der Waals surface area (Å²) < 4.78 is 0. The molecule has 2 fully saturated rings. The molecule has 1 aromatic carbocycles. The van der Waals surface area contributed by atoms with Gasteiger partial charge in [0, 0.05) is 43.4 Å². The lowest BCUT2D eigenvalue weighted by atomic mass is 9.96. The highest BCUT2D eigenvalue weighted by Crippen LogP contribution is 2.28. The molecule has 1 N–H and O–H groups in total. The van der Waals surface area contributed by atoms with Crippen LogP contribution in [0.3, 0.4) is 0 Å². The zero-order valence-electron chi connectivity index (χ0n) is 12.9. The second kappa shape index (κ2) is 6.89. The van der Waals surface area contributed by atoms with Gasteiger partial charge in [-0.15, -0.1) is 0 Å². The van der Waals surface area contributed by atoms with Crippen molar-refractivity contribution in [2.45, 2.75) is 19.3 Å². The van der Waals surface area contributed by atoms with Gasteiger partial charge in [-0.25, -0.2) is 0 Å². The molecule has 2 aliphatic rings. The van der Waals surface area contributed by atoms with Crippen LogP contribution < -0.4 is 4.90 Å². The summed E-state index contributed by atoms with van der Waals surface area (Å²) in [5.74, 6) is 0.0702. The third-order valence-corrected chi connectivity index (χ3v) is 5.05. The first-order chi connectivity index (χ1) is 11.1. The zero-order valence-corrected chi connectivity index (χ0v) is 13.7. The molecule has 1 unspecified atom stereocenters. The van der Waals surface area contributed by atoms with E-state index in [-0.39, 0.29) is 30.8 Å². The minimum Gasteiger partial charge on any atom is -0.396 e. The molecule has 124 valence electrons. The van der Waals surface area contributed by atoms with E-state index in [0.29, 0.717) is 30.6 Å². The number of carbonyl (C=O) groups is 2. The van der Waals surface area contributed by atoms with Gasteiger partial charge in [0.05, 0.1) is 5.92 Å². The average Bonchev–Trinajstić information content (AvgIpc) is 2.97. The first-order valence-electron chi connectivity index (χ1n) is 8.04. The smallest absolute Gasteiger partial charge is 0.228 e. The van der Waals surface area contributed by atoms with Crippen molar-refractivity contribution in [1.29, 1.82) is 0 Å². The fourth-order valence-electron chi connectivity index (χ4n) is 3.34. The van der Waals surface area contributed by atoms with Crippen LogP contribution in [-0.4, -0.2) is 48.1 Å². The highest BCUT2D eigenvalue weighted by atomic mass is 35.5. The predicted octanol–water partition coefficient (Wildman–Crippen LogP) is 1.92. The number of nitrogens with zero attached hydrogens (tertiary/aromatic N) is 2. The summed E-state index contributed by atoms with van der Waals surface area (Å²) in [4.78, 5) is 28.4. The number of hydrogen-bond donors (Lipinski definition) is 1. The number of benzene rings is 1. The number of aliphatic hydroxyl groups is 1. The number of rotatable bonds is 3. The Labute approximate surface area is 140 Å². The van der Waals surface area contributed by atoms with Gasteiger partial charge in [0.15, 0.2) is 0 Å². The number of anilines is 1. The molecule has 0 saturated carbocycles. The largest absolute Gasteiger partial charge is 0.396 e. The first kappa shape index (κ1) is 16.3. The minimum atomic E-state index is -0.274. The highest BCUT2D eigenvalue weighted by Gasteiger charge is 2.37. The number of likely N-dealkylation sites (tertiary alicyclic amines) is 1. The maximum atomic E-state index is 12.6. The summed E-state index contributed by atoms with van der Waals surface area (Å²) >= 11 is 5.88. The Bertz CT molecular complexity index is 582. The lowest BCUT2D eigenvalue weighted by Crippen LogP contribution is -2.43. The van der Waals surface area contributed by atoms with Crippen LogP contribution in [0.15, 0.2) is 24.3 Å². The van der Waals surface area contributed by atoms with Crippen LogP contribution in [0, 0.1) is 11.8 Å². The number of halogens is 1. The van der Waals surface area contributed by atoms with Crippen LogP contribution in [0.1, 0.15) is 19.3 Å². The standard InChI is InChI=1S/C17H21ClN2O3/c18-14-1-3-15(4-2-14)20-10-13(9-16(20)22)17(23)19-7-5-12(11-21)6-8-19/h1-4,12-13,21H,5-11H2. The number of piperidine rings is 1. The van der Waals surface area contributed by atoms with Crippen LogP contribution in [0.25, 0.3) is 0 Å². The molecule has 2 saturated heterocycles. The normalized spacial score (nSPS) is 22.7. The molecule has 0 bridgehead atoms. The maximum Gasteiger partial charge on any atom is 0.228 e. The lowest BCUT2D eigenvalue weighted by Gasteiger charge is -2.32. The Morgan fingerprint density at radius 1 is 1.22 bits per heavy atom. The van der Waals surface area contributed by atoms with Gasteiger partial charge in [-0.1, -0.05) is 11.6 Å². The number of carbonyl (C=O) groups excluding carboxylic acids is 2. The summed E-state index contributed by atoms with van der Waals surface area (Å²) in [6.07, 6.45) is 1.94. The van der Waals surface area contributed by atoms with Crippen molar-refractivity contribution in [1.82, 2.24) is 4.90 Å². The molecular formula is C17H21ClN2O3. The molecule has 23 heavy (non-hydrogen) atoms. The van der Waals surface area contributed by atoms with E-state index >= 15 is 0 Å². The number of aliphatic hydroxyl groups excluding tert-OH is 1. The Hall–Kier alpha value is -1.59. The quantitative estimate of drug-likeness (QED) is 0.917. The lowest BCUT2D eigenvalue weighted by molar-refractivity contribution is -0.137. The van der Waals surface area contributed by atoms with E-state index in [1.54, 1.807) is 29.2 Å². The monoisotopic (exact) mass is 336 g/mol. The molecule has 0 spiro atoms. The van der Waals surface area contributed by atoms with E-state index in [2.05, 4.69) is 0 Å². The highest BCUT2D eigenvalue weighted by molar-refractivity contribution is 6.30. The van der Waals surface area contributed by atoms with E-state index in [0.717, 1.165) is 18.5 Å². The van der Waals surface area contributed by atoms with Crippen molar-refractivity contribution in [3.8, 4) is 0 Å². The zero-order chi connectivity index (χ0) is 16.4. The van der Waals surface area contributed by atoms with Crippen LogP contribution in [0.5, 0.6) is 0 Å². The number of hydrogen-bond acceptors (Lipinski definition) is 3. The maximum absolute atomic E-state index is 12.6. The van der Waals surface area contributed by atoms with Crippen LogP contribution in [0.4, 0.5) is 5.69 Å². The Kier molecular flexibility index (Phi) is 4.87. The van der Waals surface area contributed by atoms with Gasteiger partial charge in [0.2, 0.25) is 11.8 Å². The van der Waals surface area contributed by atoms with Gasteiger partial charge in [0.25, 0.3) is 0 Å². The summed E-state index contributed by atoms with van der Waals surface area (Å²) in [5.41, 5.74) is 0.786. The SMILES string of the molecule is O=C(C1CC(=O)N(c2ccc(Cl)cc2)C1)N1CCC(CO)CC1.